The van der Waals surface area contributed by atoms with Gasteiger partial charge in [0.1, 0.15) is 12.1 Å². The highest BCUT2D eigenvalue weighted by Crippen LogP contribution is 2.39. The Bertz CT molecular complexity index is 1130. The third kappa shape index (κ3) is 5.06. The Morgan fingerprint density at radius 2 is 1.83 bits per heavy atom. The summed E-state index contributed by atoms with van der Waals surface area (Å²) in [6.45, 7) is 1.92. The lowest BCUT2D eigenvalue weighted by atomic mass is 10.0. The molecule has 184 valence electrons. The number of amides is 3. The smallest absolute Gasteiger partial charge is 0.327 e. The van der Waals surface area contributed by atoms with Crippen LogP contribution in [0.2, 0.25) is 0 Å². The molecule has 0 spiro atoms. The molecule has 35 heavy (non-hydrogen) atoms. The Morgan fingerprint density at radius 1 is 1.11 bits per heavy atom. The van der Waals surface area contributed by atoms with Gasteiger partial charge >= 0.3 is 5.97 Å². The van der Waals surface area contributed by atoms with Crippen molar-refractivity contribution in [3.05, 3.63) is 65.2 Å². The van der Waals surface area contributed by atoms with E-state index in [1.807, 2.05) is 55.5 Å². The molecule has 0 saturated heterocycles. The molecule has 2 aromatic carbocycles. The van der Waals surface area contributed by atoms with E-state index in [1.54, 1.807) is 11.9 Å². The number of carboxylic acids is 1. The maximum atomic E-state index is 13.4. The van der Waals surface area contributed by atoms with Gasteiger partial charge in [-0.1, -0.05) is 55.5 Å². The fourth-order valence-electron chi connectivity index (χ4n) is 5.08. The van der Waals surface area contributed by atoms with Crippen LogP contribution in [-0.4, -0.2) is 58.9 Å². The Morgan fingerprint density at radius 3 is 2.51 bits per heavy atom. The summed E-state index contributed by atoms with van der Waals surface area (Å²) < 4.78 is 0. The van der Waals surface area contributed by atoms with E-state index in [0.29, 0.717) is 24.9 Å². The molecular weight excluding hydrogens is 446 g/mol. The molecule has 2 N–H and O–H groups in total. The van der Waals surface area contributed by atoms with Crippen LogP contribution in [0.3, 0.4) is 0 Å². The largest absolute Gasteiger partial charge is 0.480 e. The molecule has 8 heteroatoms. The highest BCUT2D eigenvalue weighted by Gasteiger charge is 2.44. The molecule has 2 aliphatic heterocycles. The zero-order valence-electron chi connectivity index (χ0n) is 20.1. The standard InChI is InChI=1S/C27H31N3O5/c1-3-20(29(2)24(32)14-17-8-5-4-6-9-17)16-23(31)28-21-13-12-18-10-7-11-19-15-22(27(34)35)30(25(18)19)26(21)33/h4-11,20-22H,3,12-16H2,1-2H3,(H,28,31)(H,34,35)/t20-,21-,22-/m0/s1. The normalized spacial score (nSPS) is 19.5. The van der Waals surface area contributed by atoms with Gasteiger partial charge in [-0.3, -0.25) is 19.3 Å². The van der Waals surface area contributed by atoms with Crippen LogP contribution >= 0.6 is 0 Å². The molecule has 4 rings (SSSR count). The van der Waals surface area contributed by atoms with Gasteiger partial charge < -0.3 is 15.3 Å². The van der Waals surface area contributed by atoms with Crippen molar-refractivity contribution in [2.24, 2.45) is 0 Å². The molecular formula is C27H31N3O5. The number of aliphatic carboxylic acids is 1. The first-order valence-corrected chi connectivity index (χ1v) is 12.1. The molecule has 2 aliphatic rings. The summed E-state index contributed by atoms with van der Waals surface area (Å²) in [5, 5.41) is 12.6. The van der Waals surface area contributed by atoms with E-state index in [4.69, 9.17) is 0 Å². The second kappa shape index (κ2) is 10.3. The third-order valence-electron chi connectivity index (χ3n) is 7.06. The van der Waals surface area contributed by atoms with E-state index in [2.05, 4.69) is 5.32 Å². The predicted molar refractivity (Wildman–Crippen MR) is 131 cm³/mol. The van der Waals surface area contributed by atoms with Crippen molar-refractivity contribution in [2.75, 3.05) is 11.9 Å². The van der Waals surface area contributed by atoms with Crippen molar-refractivity contribution in [1.29, 1.82) is 0 Å². The number of carbonyl (C=O) groups is 4. The molecule has 0 bridgehead atoms. The second-order valence-corrected chi connectivity index (χ2v) is 9.28. The number of rotatable bonds is 8. The van der Waals surface area contributed by atoms with E-state index in [9.17, 15) is 24.3 Å². The maximum Gasteiger partial charge on any atom is 0.327 e. The van der Waals surface area contributed by atoms with E-state index in [-0.39, 0.29) is 37.1 Å². The number of benzene rings is 2. The molecule has 0 aliphatic carbocycles. The predicted octanol–water partition coefficient (Wildman–Crippen LogP) is 2.33. The summed E-state index contributed by atoms with van der Waals surface area (Å²) in [4.78, 5) is 54.0. The molecule has 3 atom stereocenters. The number of hydrogen-bond donors (Lipinski definition) is 2. The summed E-state index contributed by atoms with van der Waals surface area (Å²) in [5.74, 6) is -1.86. The summed E-state index contributed by atoms with van der Waals surface area (Å²) in [5.41, 5.74) is 3.36. The molecule has 3 amide bonds. The fourth-order valence-corrected chi connectivity index (χ4v) is 5.08. The summed E-state index contributed by atoms with van der Waals surface area (Å²) in [7, 11) is 1.70. The van der Waals surface area contributed by atoms with Gasteiger partial charge in [0.25, 0.3) is 0 Å². The third-order valence-corrected chi connectivity index (χ3v) is 7.06. The average molecular weight is 478 g/mol. The topological polar surface area (TPSA) is 107 Å². The Kier molecular flexibility index (Phi) is 7.19. The van der Waals surface area contributed by atoms with Crippen LogP contribution in [0, 0.1) is 0 Å². The molecule has 0 radical (unpaired) electrons. The van der Waals surface area contributed by atoms with Crippen LogP contribution in [0.5, 0.6) is 0 Å². The molecule has 0 fully saturated rings. The SMILES string of the molecule is CC[C@@H](CC(=O)N[C@H]1CCc2cccc3c2N(C1=O)[C@H](C(=O)O)C3)N(C)C(=O)Cc1ccccc1. The molecule has 2 aromatic rings. The van der Waals surface area contributed by atoms with Crippen molar-refractivity contribution >= 4 is 29.4 Å². The minimum atomic E-state index is -1.06. The van der Waals surface area contributed by atoms with Crippen molar-refractivity contribution in [2.45, 2.75) is 63.6 Å². The lowest BCUT2D eigenvalue weighted by Gasteiger charge is -2.29. The first-order valence-electron chi connectivity index (χ1n) is 12.1. The highest BCUT2D eigenvalue weighted by atomic mass is 16.4. The Labute approximate surface area is 204 Å². The number of para-hydroxylation sites is 1. The van der Waals surface area contributed by atoms with Crippen molar-refractivity contribution in [1.82, 2.24) is 10.2 Å². The van der Waals surface area contributed by atoms with Gasteiger partial charge in [-0.15, -0.1) is 0 Å². The van der Waals surface area contributed by atoms with Crippen LogP contribution in [0.15, 0.2) is 48.5 Å². The minimum Gasteiger partial charge on any atom is -0.480 e. The van der Waals surface area contributed by atoms with Gasteiger partial charge in [0.2, 0.25) is 17.7 Å². The van der Waals surface area contributed by atoms with E-state index in [1.165, 1.54) is 4.90 Å². The second-order valence-electron chi connectivity index (χ2n) is 9.28. The number of hydrogen-bond acceptors (Lipinski definition) is 4. The molecule has 0 unspecified atom stereocenters. The van der Waals surface area contributed by atoms with Gasteiger partial charge in [-0.25, -0.2) is 4.79 Å². The zero-order chi connectivity index (χ0) is 25.1. The number of nitrogens with one attached hydrogen (secondary N) is 1. The van der Waals surface area contributed by atoms with Gasteiger partial charge in [0.15, 0.2) is 0 Å². The fraction of sp³-hybridized carbons (Fsp3) is 0.407. The van der Waals surface area contributed by atoms with Crippen LogP contribution in [0.25, 0.3) is 0 Å². The molecule has 0 aromatic heterocycles. The van der Waals surface area contributed by atoms with E-state index >= 15 is 0 Å². The lowest BCUT2D eigenvalue weighted by Crippen LogP contribution is -2.53. The summed E-state index contributed by atoms with van der Waals surface area (Å²) in [6.07, 6.45) is 2.13. The highest BCUT2D eigenvalue weighted by molar-refractivity contribution is 6.06. The molecule has 0 saturated carbocycles. The number of anilines is 1. The lowest BCUT2D eigenvalue weighted by molar-refractivity contribution is -0.140. The monoisotopic (exact) mass is 477 g/mol. The summed E-state index contributed by atoms with van der Waals surface area (Å²) in [6, 6.07) is 13.0. The van der Waals surface area contributed by atoms with Gasteiger partial charge in [-0.2, -0.15) is 0 Å². The van der Waals surface area contributed by atoms with Gasteiger partial charge in [-0.05, 0) is 36.0 Å². The van der Waals surface area contributed by atoms with Gasteiger partial charge in [0.05, 0.1) is 12.1 Å². The molecule has 8 nitrogen and oxygen atoms in total. The Balaban J connectivity index is 1.43. The summed E-state index contributed by atoms with van der Waals surface area (Å²) >= 11 is 0. The van der Waals surface area contributed by atoms with Crippen LogP contribution in [-0.2, 0) is 38.4 Å². The number of carboxylic acid groups (broad SMARTS) is 1. The Hall–Kier alpha value is -3.68. The molecule has 2 heterocycles. The zero-order valence-corrected chi connectivity index (χ0v) is 20.1. The van der Waals surface area contributed by atoms with Gasteiger partial charge in [0, 0.05) is 25.9 Å². The van der Waals surface area contributed by atoms with Crippen LogP contribution < -0.4 is 10.2 Å². The van der Waals surface area contributed by atoms with Crippen LogP contribution in [0.1, 0.15) is 42.9 Å². The quantitative estimate of drug-likeness (QED) is 0.607. The van der Waals surface area contributed by atoms with E-state index < -0.39 is 24.0 Å². The first-order chi connectivity index (χ1) is 16.8. The maximum absolute atomic E-state index is 13.4. The number of likely N-dealkylation sites (N-methyl/N-ethyl adjacent to an activating group) is 1. The van der Waals surface area contributed by atoms with Crippen molar-refractivity contribution in [3.63, 3.8) is 0 Å². The van der Waals surface area contributed by atoms with Crippen LogP contribution in [0.4, 0.5) is 5.69 Å². The first kappa shape index (κ1) is 24.4. The van der Waals surface area contributed by atoms with Crippen molar-refractivity contribution < 1.29 is 24.3 Å². The number of nitrogens with zero attached hydrogens (tertiary/aromatic N) is 2. The minimum absolute atomic E-state index is 0.0673. The van der Waals surface area contributed by atoms with E-state index in [0.717, 1.165) is 16.7 Å². The average Bonchev–Trinajstić information content (AvgIpc) is 3.19. The number of aryl methyl sites for hydroxylation is 1. The number of carbonyl (C=O) groups excluding carboxylic acids is 3. The van der Waals surface area contributed by atoms with Crippen molar-refractivity contribution in [3.8, 4) is 0 Å².